The average molecular weight is 249 g/mol. The highest BCUT2D eigenvalue weighted by Crippen LogP contribution is 2.10. The zero-order chi connectivity index (χ0) is 11.9. The van der Waals surface area contributed by atoms with Gasteiger partial charge in [-0.05, 0) is 12.8 Å². The number of piperidine rings is 1. The lowest BCUT2D eigenvalue weighted by Gasteiger charge is -2.31. The molecule has 4 heteroatoms. The maximum Gasteiger partial charge on any atom is 0.0937 e. The molecule has 1 N–H and O–H groups in total. The van der Waals surface area contributed by atoms with Crippen LogP contribution in [0.3, 0.4) is 0 Å². The highest BCUT2D eigenvalue weighted by atomic mass is 32.1. The zero-order valence-electron chi connectivity index (χ0n) is 10.1. The standard InChI is InChI=1S/C13H19N3S/c1-2-8-16-9-4-12(5-10-16)14-6-3-13-15-7-11-17-13/h1,7,11-12,14H,3-6,8-10H2. The Hall–Kier alpha value is -0.890. The van der Waals surface area contributed by atoms with Crippen molar-refractivity contribution in [2.45, 2.75) is 25.3 Å². The largest absolute Gasteiger partial charge is 0.313 e. The quantitative estimate of drug-likeness (QED) is 0.799. The van der Waals surface area contributed by atoms with E-state index in [2.05, 4.69) is 21.1 Å². The van der Waals surface area contributed by atoms with E-state index in [1.165, 1.54) is 17.8 Å². The van der Waals surface area contributed by atoms with Gasteiger partial charge in [0.1, 0.15) is 0 Å². The van der Waals surface area contributed by atoms with Crippen LogP contribution >= 0.6 is 11.3 Å². The first-order valence-electron chi connectivity index (χ1n) is 6.16. The second-order valence-corrected chi connectivity index (χ2v) is 5.36. The third kappa shape index (κ3) is 4.12. The maximum atomic E-state index is 5.32. The van der Waals surface area contributed by atoms with Crippen LogP contribution in [0.2, 0.25) is 0 Å². The molecule has 1 aromatic heterocycles. The fourth-order valence-electron chi connectivity index (χ4n) is 2.18. The molecule has 92 valence electrons. The summed E-state index contributed by atoms with van der Waals surface area (Å²) in [5, 5.41) is 6.87. The van der Waals surface area contributed by atoms with E-state index >= 15 is 0 Å². The second-order valence-electron chi connectivity index (χ2n) is 4.38. The first-order valence-corrected chi connectivity index (χ1v) is 7.04. The van der Waals surface area contributed by atoms with Crippen molar-refractivity contribution >= 4 is 11.3 Å². The van der Waals surface area contributed by atoms with Gasteiger partial charge in [-0.25, -0.2) is 4.98 Å². The molecule has 0 amide bonds. The molecule has 17 heavy (non-hydrogen) atoms. The molecule has 0 aliphatic carbocycles. The number of hydrogen-bond acceptors (Lipinski definition) is 4. The van der Waals surface area contributed by atoms with Crippen molar-refractivity contribution < 1.29 is 0 Å². The van der Waals surface area contributed by atoms with Crippen LogP contribution in [-0.4, -0.2) is 42.1 Å². The second kappa shape index (κ2) is 6.75. The molecular formula is C13H19N3S. The van der Waals surface area contributed by atoms with Crippen LogP contribution in [0.5, 0.6) is 0 Å². The Morgan fingerprint density at radius 1 is 1.53 bits per heavy atom. The van der Waals surface area contributed by atoms with E-state index in [1.54, 1.807) is 11.3 Å². The molecule has 1 aliphatic rings. The summed E-state index contributed by atoms with van der Waals surface area (Å²) >= 11 is 1.74. The molecule has 1 aliphatic heterocycles. The van der Waals surface area contributed by atoms with Crippen LogP contribution in [0.1, 0.15) is 17.8 Å². The van der Waals surface area contributed by atoms with Crippen molar-refractivity contribution in [3.63, 3.8) is 0 Å². The van der Waals surface area contributed by atoms with Crippen molar-refractivity contribution in [3.8, 4) is 12.3 Å². The Kier molecular flexibility index (Phi) is 4.99. The van der Waals surface area contributed by atoms with Gasteiger partial charge in [-0.2, -0.15) is 0 Å². The first kappa shape index (κ1) is 12.6. The minimum atomic E-state index is 0.656. The molecule has 3 nitrogen and oxygen atoms in total. The minimum absolute atomic E-state index is 0.656. The fraction of sp³-hybridized carbons (Fsp3) is 0.615. The predicted molar refractivity (Wildman–Crippen MR) is 72.1 cm³/mol. The molecule has 1 saturated heterocycles. The van der Waals surface area contributed by atoms with Crippen molar-refractivity contribution in [2.75, 3.05) is 26.2 Å². The maximum absolute atomic E-state index is 5.32. The third-order valence-corrected chi connectivity index (χ3v) is 4.00. The molecule has 0 radical (unpaired) electrons. The molecule has 1 aromatic rings. The van der Waals surface area contributed by atoms with Crippen LogP contribution in [0.4, 0.5) is 0 Å². The lowest BCUT2D eigenvalue weighted by Crippen LogP contribution is -2.43. The van der Waals surface area contributed by atoms with Crippen LogP contribution in [0.25, 0.3) is 0 Å². The molecule has 0 saturated carbocycles. The van der Waals surface area contributed by atoms with Crippen LogP contribution < -0.4 is 5.32 Å². The molecule has 0 spiro atoms. The molecule has 0 atom stereocenters. The summed E-state index contributed by atoms with van der Waals surface area (Å²) in [6.45, 7) is 4.08. The SMILES string of the molecule is C#CCN1CCC(NCCc2nccs2)CC1. The number of hydrogen-bond donors (Lipinski definition) is 1. The lowest BCUT2D eigenvalue weighted by atomic mass is 10.1. The first-order chi connectivity index (χ1) is 8.38. The van der Waals surface area contributed by atoms with Gasteiger partial charge in [-0.1, -0.05) is 5.92 Å². The van der Waals surface area contributed by atoms with Crippen molar-refractivity contribution in [2.24, 2.45) is 0 Å². The summed E-state index contributed by atoms with van der Waals surface area (Å²) in [6.07, 6.45) is 10.6. The molecule has 2 heterocycles. The van der Waals surface area contributed by atoms with Crippen LogP contribution in [0, 0.1) is 12.3 Å². The molecular weight excluding hydrogens is 230 g/mol. The Balaban J connectivity index is 1.60. The molecule has 0 unspecified atom stereocenters. The zero-order valence-corrected chi connectivity index (χ0v) is 10.9. The molecule has 2 rings (SSSR count). The number of thiazole rings is 1. The molecule has 0 bridgehead atoms. The normalized spacial score (nSPS) is 18.1. The third-order valence-electron chi connectivity index (χ3n) is 3.16. The summed E-state index contributed by atoms with van der Waals surface area (Å²) in [6, 6.07) is 0.656. The van der Waals surface area contributed by atoms with E-state index in [-0.39, 0.29) is 0 Å². The van der Waals surface area contributed by atoms with Crippen LogP contribution in [0.15, 0.2) is 11.6 Å². The van der Waals surface area contributed by atoms with E-state index in [0.717, 1.165) is 32.6 Å². The van der Waals surface area contributed by atoms with Gasteiger partial charge in [-0.3, -0.25) is 4.90 Å². The summed E-state index contributed by atoms with van der Waals surface area (Å²) in [7, 11) is 0. The Morgan fingerprint density at radius 2 is 2.35 bits per heavy atom. The number of nitrogens with zero attached hydrogens (tertiary/aromatic N) is 2. The fourth-order valence-corrected chi connectivity index (χ4v) is 2.80. The number of rotatable bonds is 5. The lowest BCUT2D eigenvalue weighted by molar-refractivity contribution is 0.218. The van der Waals surface area contributed by atoms with Gasteiger partial charge in [0.15, 0.2) is 0 Å². The topological polar surface area (TPSA) is 28.2 Å². The minimum Gasteiger partial charge on any atom is -0.313 e. The summed E-state index contributed by atoms with van der Waals surface area (Å²) in [4.78, 5) is 6.63. The van der Waals surface area contributed by atoms with Crippen molar-refractivity contribution in [1.82, 2.24) is 15.2 Å². The Morgan fingerprint density at radius 3 is 3.00 bits per heavy atom. The molecule has 0 aromatic carbocycles. The van der Waals surface area contributed by atoms with Gasteiger partial charge in [0, 0.05) is 43.7 Å². The summed E-state index contributed by atoms with van der Waals surface area (Å²) < 4.78 is 0. The van der Waals surface area contributed by atoms with E-state index in [9.17, 15) is 0 Å². The number of aromatic nitrogens is 1. The highest BCUT2D eigenvalue weighted by Gasteiger charge is 2.17. The van der Waals surface area contributed by atoms with E-state index in [1.807, 2.05) is 11.6 Å². The Bertz CT molecular complexity index is 347. The predicted octanol–water partition coefficient (Wildman–Crippen LogP) is 1.37. The number of nitrogens with one attached hydrogen (secondary N) is 1. The smallest absolute Gasteiger partial charge is 0.0937 e. The van der Waals surface area contributed by atoms with Gasteiger partial charge in [0.25, 0.3) is 0 Å². The van der Waals surface area contributed by atoms with Crippen LogP contribution in [-0.2, 0) is 6.42 Å². The van der Waals surface area contributed by atoms with Crippen molar-refractivity contribution in [3.05, 3.63) is 16.6 Å². The Labute approximate surface area is 107 Å². The number of terminal acetylenes is 1. The van der Waals surface area contributed by atoms with E-state index in [0.29, 0.717) is 6.04 Å². The number of likely N-dealkylation sites (tertiary alicyclic amines) is 1. The van der Waals surface area contributed by atoms with E-state index in [4.69, 9.17) is 6.42 Å². The molecule has 1 fully saturated rings. The van der Waals surface area contributed by atoms with Gasteiger partial charge < -0.3 is 5.32 Å². The average Bonchev–Trinajstić information content (AvgIpc) is 2.85. The van der Waals surface area contributed by atoms with Gasteiger partial charge in [0.05, 0.1) is 11.6 Å². The highest BCUT2D eigenvalue weighted by molar-refractivity contribution is 7.09. The van der Waals surface area contributed by atoms with Gasteiger partial charge >= 0.3 is 0 Å². The van der Waals surface area contributed by atoms with Crippen molar-refractivity contribution in [1.29, 1.82) is 0 Å². The summed E-state index contributed by atoms with van der Waals surface area (Å²) in [5.74, 6) is 2.71. The van der Waals surface area contributed by atoms with E-state index < -0.39 is 0 Å². The summed E-state index contributed by atoms with van der Waals surface area (Å²) in [5.41, 5.74) is 0. The van der Waals surface area contributed by atoms with Gasteiger partial charge in [-0.15, -0.1) is 17.8 Å². The van der Waals surface area contributed by atoms with Gasteiger partial charge in [0.2, 0.25) is 0 Å². The monoisotopic (exact) mass is 249 g/mol.